The van der Waals surface area contributed by atoms with Gasteiger partial charge in [0.05, 0.1) is 0 Å². The maximum Gasteiger partial charge on any atom is 0.248 e. The first-order valence-electron chi connectivity index (χ1n) is 8.10. The van der Waals surface area contributed by atoms with Gasteiger partial charge in [-0.15, -0.1) is 0 Å². The van der Waals surface area contributed by atoms with Gasteiger partial charge in [-0.2, -0.15) is 4.98 Å². The Kier molecular flexibility index (Phi) is 4.07. The summed E-state index contributed by atoms with van der Waals surface area (Å²) in [5, 5.41) is 7.74. The first-order chi connectivity index (χ1) is 12.7. The van der Waals surface area contributed by atoms with Crippen LogP contribution in [0.25, 0.3) is 28.4 Å². The van der Waals surface area contributed by atoms with E-state index in [1.165, 1.54) is 12.5 Å². The van der Waals surface area contributed by atoms with Crippen molar-refractivity contribution in [1.29, 1.82) is 0 Å². The Morgan fingerprint density at radius 3 is 2.73 bits per heavy atom. The fourth-order valence-corrected chi connectivity index (χ4v) is 2.86. The molecule has 2 aromatic heterocycles. The molecule has 0 bridgehead atoms. The van der Waals surface area contributed by atoms with Crippen LogP contribution < -0.4 is 5.32 Å². The fraction of sp³-hybridized carbons (Fsp3) is 0.0500. The lowest BCUT2D eigenvalue weighted by Crippen LogP contribution is -2.07. The Bertz CT molecular complexity index is 1080. The molecule has 0 fully saturated rings. The predicted molar refractivity (Wildman–Crippen MR) is 100 cm³/mol. The molecule has 4 aromatic rings. The molecule has 0 unspecified atom stereocenters. The molecule has 4 rings (SSSR count). The summed E-state index contributed by atoms with van der Waals surface area (Å²) < 4.78 is 6.77. The smallest absolute Gasteiger partial charge is 0.248 e. The van der Waals surface area contributed by atoms with Gasteiger partial charge in [0, 0.05) is 47.0 Å². The average Bonchev–Trinajstić information content (AvgIpc) is 3.30. The summed E-state index contributed by atoms with van der Waals surface area (Å²) in [7, 11) is 1.99. The summed E-state index contributed by atoms with van der Waals surface area (Å²) in [5.41, 5.74) is 3.66. The number of nitrogens with one attached hydrogen (secondary N) is 1. The van der Waals surface area contributed by atoms with E-state index in [0.717, 1.165) is 22.0 Å². The number of benzene rings is 2. The molecular formula is C20H16N4O2. The van der Waals surface area contributed by atoms with E-state index in [0.29, 0.717) is 11.5 Å². The number of hydrogen-bond donors (Lipinski definition) is 1. The van der Waals surface area contributed by atoms with Gasteiger partial charge >= 0.3 is 0 Å². The number of carbonyl (C=O) groups excluding carboxylic acids is 1. The van der Waals surface area contributed by atoms with Gasteiger partial charge in [-0.05, 0) is 36.4 Å². The van der Waals surface area contributed by atoms with Gasteiger partial charge in [0.1, 0.15) is 0 Å². The zero-order chi connectivity index (χ0) is 17.9. The lowest BCUT2D eigenvalue weighted by Gasteiger charge is -2.02. The number of amides is 1. The summed E-state index contributed by atoms with van der Waals surface area (Å²) in [6.07, 6.45) is 6.65. The van der Waals surface area contributed by atoms with Crippen LogP contribution in [-0.2, 0) is 11.8 Å². The van der Waals surface area contributed by atoms with Gasteiger partial charge in [-0.1, -0.05) is 23.4 Å². The zero-order valence-corrected chi connectivity index (χ0v) is 14.1. The van der Waals surface area contributed by atoms with Crippen LogP contribution >= 0.6 is 0 Å². The van der Waals surface area contributed by atoms with E-state index < -0.39 is 0 Å². The van der Waals surface area contributed by atoms with Gasteiger partial charge in [-0.25, -0.2) is 0 Å². The minimum absolute atomic E-state index is 0.190. The van der Waals surface area contributed by atoms with Crippen molar-refractivity contribution in [1.82, 2.24) is 14.7 Å². The molecule has 0 aliphatic carbocycles. The number of rotatable bonds is 4. The van der Waals surface area contributed by atoms with Gasteiger partial charge in [0.2, 0.25) is 18.1 Å². The fourth-order valence-electron chi connectivity index (χ4n) is 2.86. The van der Waals surface area contributed by atoms with E-state index >= 15 is 0 Å². The quantitative estimate of drug-likeness (QED) is 0.570. The molecule has 128 valence electrons. The number of aryl methyl sites for hydroxylation is 1. The first kappa shape index (κ1) is 15.8. The summed E-state index contributed by atoms with van der Waals surface area (Å²) in [4.78, 5) is 16.2. The van der Waals surface area contributed by atoms with Crippen molar-refractivity contribution in [3.63, 3.8) is 0 Å². The van der Waals surface area contributed by atoms with E-state index in [4.69, 9.17) is 4.52 Å². The molecule has 6 nitrogen and oxygen atoms in total. The Labute approximate surface area is 149 Å². The van der Waals surface area contributed by atoms with Crippen LogP contribution in [0.15, 0.2) is 71.7 Å². The number of anilines is 1. The zero-order valence-electron chi connectivity index (χ0n) is 14.1. The second kappa shape index (κ2) is 6.68. The average molecular weight is 344 g/mol. The van der Waals surface area contributed by atoms with Gasteiger partial charge in [0.15, 0.2) is 0 Å². The van der Waals surface area contributed by atoms with Crippen molar-refractivity contribution in [3.8, 4) is 11.4 Å². The highest BCUT2D eigenvalue weighted by atomic mass is 16.5. The topological polar surface area (TPSA) is 73.0 Å². The summed E-state index contributed by atoms with van der Waals surface area (Å²) in [6, 6.07) is 15.3. The molecule has 1 N–H and O–H groups in total. The highest BCUT2D eigenvalue weighted by Crippen LogP contribution is 2.21. The lowest BCUT2D eigenvalue weighted by atomic mass is 10.1. The van der Waals surface area contributed by atoms with Crippen LogP contribution in [0.4, 0.5) is 5.69 Å². The van der Waals surface area contributed by atoms with E-state index in [-0.39, 0.29) is 5.91 Å². The van der Waals surface area contributed by atoms with Crippen molar-refractivity contribution in [2.45, 2.75) is 0 Å². The minimum Gasteiger partial charge on any atom is -0.350 e. The molecule has 2 heterocycles. The van der Waals surface area contributed by atoms with Crippen molar-refractivity contribution in [3.05, 3.63) is 72.8 Å². The normalized spacial score (nSPS) is 11.3. The molecule has 1 amide bonds. The molecule has 0 spiro atoms. The van der Waals surface area contributed by atoms with Crippen molar-refractivity contribution in [2.24, 2.45) is 7.05 Å². The molecule has 0 aliphatic rings. The molecule has 6 heteroatoms. The SMILES string of the molecule is Cn1cc(/C=C/C(=O)Nc2ccc(-c3ncon3)cc2)c2ccccc21. The van der Waals surface area contributed by atoms with E-state index in [9.17, 15) is 4.79 Å². The number of nitrogens with zero attached hydrogens (tertiary/aromatic N) is 3. The van der Waals surface area contributed by atoms with Crippen molar-refractivity contribution in [2.75, 3.05) is 5.32 Å². The number of fused-ring (bicyclic) bond motifs is 1. The number of aromatic nitrogens is 3. The number of hydrogen-bond acceptors (Lipinski definition) is 4. The van der Waals surface area contributed by atoms with Crippen molar-refractivity contribution >= 4 is 28.6 Å². The van der Waals surface area contributed by atoms with Gasteiger partial charge in [-0.3, -0.25) is 4.79 Å². The lowest BCUT2D eigenvalue weighted by molar-refractivity contribution is -0.111. The maximum atomic E-state index is 12.2. The Morgan fingerprint density at radius 1 is 1.15 bits per heavy atom. The summed E-state index contributed by atoms with van der Waals surface area (Å²) in [5.74, 6) is 0.323. The third kappa shape index (κ3) is 3.12. The number of carbonyl (C=O) groups is 1. The first-order valence-corrected chi connectivity index (χ1v) is 8.10. The van der Waals surface area contributed by atoms with Gasteiger partial charge in [0.25, 0.3) is 0 Å². The van der Waals surface area contributed by atoms with E-state index in [1.54, 1.807) is 12.1 Å². The molecule has 0 saturated carbocycles. The minimum atomic E-state index is -0.190. The maximum absolute atomic E-state index is 12.2. The molecule has 0 aliphatic heterocycles. The second-order valence-corrected chi connectivity index (χ2v) is 5.87. The van der Waals surface area contributed by atoms with Crippen molar-refractivity contribution < 1.29 is 9.32 Å². The summed E-state index contributed by atoms with van der Waals surface area (Å²) in [6.45, 7) is 0. The molecule has 0 atom stereocenters. The second-order valence-electron chi connectivity index (χ2n) is 5.87. The molecule has 0 radical (unpaired) electrons. The highest BCUT2D eigenvalue weighted by Gasteiger charge is 2.05. The standard InChI is InChI=1S/C20H16N4O2/c1-24-12-15(17-4-2-3-5-18(17)24)8-11-19(25)22-16-9-6-14(7-10-16)20-21-13-26-23-20/h2-13H,1H3,(H,22,25)/b11-8+. The van der Waals surface area contributed by atoms with Crippen LogP contribution in [-0.4, -0.2) is 20.6 Å². The monoisotopic (exact) mass is 344 g/mol. The van der Waals surface area contributed by atoms with Crippen LogP contribution in [0, 0.1) is 0 Å². The predicted octanol–water partition coefficient (Wildman–Crippen LogP) is 3.88. The molecule has 0 saturated heterocycles. The van der Waals surface area contributed by atoms with E-state index in [1.807, 2.05) is 54.2 Å². The van der Waals surface area contributed by atoms with Crippen LogP contribution in [0.1, 0.15) is 5.56 Å². The summed E-state index contributed by atoms with van der Waals surface area (Å²) >= 11 is 0. The third-order valence-corrected chi connectivity index (χ3v) is 4.11. The van der Waals surface area contributed by atoms with Gasteiger partial charge < -0.3 is 14.4 Å². The molecular weight excluding hydrogens is 328 g/mol. The Hall–Kier alpha value is -3.67. The van der Waals surface area contributed by atoms with Crippen LogP contribution in [0.3, 0.4) is 0 Å². The number of para-hydroxylation sites is 1. The van der Waals surface area contributed by atoms with Crippen LogP contribution in [0.2, 0.25) is 0 Å². The Balaban J connectivity index is 1.47. The van der Waals surface area contributed by atoms with E-state index in [2.05, 4.69) is 21.5 Å². The molecule has 2 aromatic carbocycles. The van der Waals surface area contributed by atoms with Crippen LogP contribution in [0.5, 0.6) is 0 Å². The third-order valence-electron chi connectivity index (χ3n) is 4.11. The molecule has 26 heavy (non-hydrogen) atoms. The highest BCUT2D eigenvalue weighted by molar-refractivity contribution is 6.03. The Morgan fingerprint density at radius 2 is 1.96 bits per heavy atom. The largest absolute Gasteiger partial charge is 0.350 e.